The molecule has 36 heavy (non-hydrogen) atoms. The lowest BCUT2D eigenvalue weighted by Crippen LogP contribution is -2.03. The van der Waals surface area contributed by atoms with E-state index in [4.69, 9.17) is 19.3 Å². The van der Waals surface area contributed by atoms with Crippen molar-refractivity contribution in [2.45, 2.75) is 0 Å². The van der Waals surface area contributed by atoms with Crippen LogP contribution in [0.3, 0.4) is 0 Å². The Balaban J connectivity index is 1.54. The number of ether oxygens (including phenoxy) is 3. The number of hydrogen-bond donors (Lipinski definition) is 0. The number of allylic oxidation sites excluding steroid dienone is 1. The van der Waals surface area contributed by atoms with Gasteiger partial charge >= 0.3 is 5.97 Å². The van der Waals surface area contributed by atoms with Crippen LogP contribution in [0.25, 0.3) is 23.0 Å². The average Bonchev–Trinajstić information content (AvgIpc) is 3.48. The fourth-order valence-corrected chi connectivity index (χ4v) is 3.87. The number of benzene rings is 3. The van der Waals surface area contributed by atoms with Crippen LogP contribution in [0.15, 0.2) is 97.4 Å². The number of aromatic nitrogens is 2. The van der Waals surface area contributed by atoms with Gasteiger partial charge in [0.05, 0.1) is 23.9 Å². The highest BCUT2D eigenvalue weighted by Gasteiger charge is 2.29. The molecular formula is C29H22N2O5. The summed E-state index contributed by atoms with van der Waals surface area (Å²) >= 11 is 0. The first-order chi connectivity index (χ1) is 17.6. The quantitative estimate of drug-likeness (QED) is 0.198. The number of rotatable bonds is 7. The van der Waals surface area contributed by atoms with Gasteiger partial charge in [-0.25, -0.2) is 9.48 Å². The van der Waals surface area contributed by atoms with Crippen LogP contribution < -0.4 is 9.47 Å². The summed E-state index contributed by atoms with van der Waals surface area (Å²) in [6, 6.07) is 21.9. The molecule has 5 rings (SSSR count). The highest BCUT2D eigenvalue weighted by atomic mass is 16.5. The molecule has 1 aliphatic heterocycles. The molecule has 3 aromatic carbocycles. The Kier molecular flexibility index (Phi) is 6.19. The van der Waals surface area contributed by atoms with Gasteiger partial charge in [0.2, 0.25) is 5.78 Å². The monoisotopic (exact) mass is 478 g/mol. The molecule has 0 saturated carbocycles. The van der Waals surface area contributed by atoms with Gasteiger partial charge in [-0.3, -0.25) is 4.79 Å². The lowest BCUT2D eigenvalue weighted by atomic mass is 10.0. The number of carbonyl (C=O) groups is 2. The Morgan fingerprint density at radius 2 is 1.86 bits per heavy atom. The van der Waals surface area contributed by atoms with Crippen molar-refractivity contribution in [3.8, 4) is 28.4 Å². The van der Waals surface area contributed by atoms with E-state index in [-0.39, 0.29) is 17.1 Å². The number of hydrogen-bond acceptors (Lipinski definition) is 6. The second-order valence-corrected chi connectivity index (χ2v) is 7.98. The third-order valence-corrected chi connectivity index (χ3v) is 5.63. The number of nitrogens with zero attached hydrogens (tertiary/aromatic N) is 2. The van der Waals surface area contributed by atoms with Crippen molar-refractivity contribution in [3.05, 3.63) is 114 Å². The van der Waals surface area contributed by atoms with Gasteiger partial charge in [0.25, 0.3) is 0 Å². The Morgan fingerprint density at radius 1 is 1.08 bits per heavy atom. The summed E-state index contributed by atoms with van der Waals surface area (Å²) in [5.74, 6) is 0.413. The fourth-order valence-electron chi connectivity index (χ4n) is 3.87. The van der Waals surface area contributed by atoms with Crippen LogP contribution >= 0.6 is 0 Å². The average molecular weight is 479 g/mol. The molecule has 1 aliphatic rings. The van der Waals surface area contributed by atoms with Crippen LogP contribution in [-0.2, 0) is 4.74 Å². The zero-order chi connectivity index (χ0) is 25.1. The Hall–Kier alpha value is -4.91. The Morgan fingerprint density at radius 3 is 2.58 bits per heavy atom. The highest BCUT2D eigenvalue weighted by molar-refractivity contribution is 6.15. The normalized spacial score (nSPS) is 13.2. The predicted molar refractivity (Wildman–Crippen MR) is 135 cm³/mol. The summed E-state index contributed by atoms with van der Waals surface area (Å²) in [7, 11) is 1.29. The largest absolute Gasteiger partial charge is 0.490 e. The van der Waals surface area contributed by atoms with Gasteiger partial charge in [-0.05, 0) is 60.7 Å². The first kappa shape index (κ1) is 22.9. The molecule has 2 heterocycles. The van der Waals surface area contributed by atoms with E-state index in [1.54, 1.807) is 29.0 Å². The minimum absolute atomic E-state index is 0.145. The summed E-state index contributed by atoms with van der Waals surface area (Å²) in [5, 5.41) is 4.79. The minimum atomic E-state index is -0.519. The van der Waals surface area contributed by atoms with E-state index in [9.17, 15) is 9.59 Å². The van der Waals surface area contributed by atoms with Crippen molar-refractivity contribution >= 4 is 17.8 Å². The van der Waals surface area contributed by atoms with Crippen LogP contribution in [0.4, 0.5) is 0 Å². The smallest absolute Gasteiger partial charge is 0.337 e. The third kappa shape index (κ3) is 4.42. The molecule has 7 heteroatoms. The molecule has 0 saturated heterocycles. The summed E-state index contributed by atoms with van der Waals surface area (Å²) < 4.78 is 18.0. The molecule has 178 valence electrons. The minimum Gasteiger partial charge on any atom is -0.490 e. The number of fused-ring (bicyclic) bond motifs is 1. The van der Waals surface area contributed by atoms with Crippen molar-refractivity contribution in [2.24, 2.45) is 0 Å². The van der Waals surface area contributed by atoms with Crippen LogP contribution in [0.5, 0.6) is 11.5 Å². The summed E-state index contributed by atoms with van der Waals surface area (Å²) in [4.78, 5) is 25.0. The molecular weight excluding hydrogens is 456 g/mol. The molecule has 0 fully saturated rings. The fraction of sp³-hybridized carbons (Fsp3) is 0.0690. The van der Waals surface area contributed by atoms with Crippen molar-refractivity contribution in [1.29, 1.82) is 0 Å². The van der Waals surface area contributed by atoms with Crippen LogP contribution in [-0.4, -0.2) is 35.2 Å². The topological polar surface area (TPSA) is 79.7 Å². The SMILES string of the molecule is C=CCOc1ccc(-c2nn(-c3ccccc3)cc2/C=C2\Oc3ccc(C(=O)OC)cc3C2=O)cc1. The van der Waals surface area contributed by atoms with E-state index in [2.05, 4.69) is 6.58 Å². The molecule has 0 unspecified atom stereocenters. The lowest BCUT2D eigenvalue weighted by Gasteiger charge is -2.05. The van der Waals surface area contributed by atoms with Gasteiger partial charge in [-0.1, -0.05) is 30.9 Å². The zero-order valence-corrected chi connectivity index (χ0v) is 19.5. The van der Waals surface area contributed by atoms with E-state index in [0.29, 0.717) is 34.9 Å². The molecule has 1 aromatic heterocycles. The first-order valence-electron chi connectivity index (χ1n) is 11.2. The standard InChI is InChI=1S/C29H22N2O5/c1-3-15-35-23-12-9-19(10-13-23)27-21(18-31(30-27)22-7-5-4-6-8-22)17-26-28(32)24-16-20(29(33)34-2)11-14-25(24)36-26/h3-14,16-18H,1,15H2,2H3/b26-17-. The summed E-state index contributed by atoms with van der Waals surface area (Å²) in [6.45, 7) is 4.08. The number of methoxy groups -OCH3 is 1. The maximum atomic E-state index is 13.1. The number of carbonyl (C=O) groups excluding carboxylic acids is 2. The third-order valence-electron chi connectivity index (χ3n) is 5.63. The molecule has 7 nitrogen and oxygen atoms in total. The van der Waals surface area contributed by atoms with E-state index in [0.717, 1.165) is 11.3 Å². The second-order valence-electron chi connectivity index (χ2n) is 7.98. The molecule has 4 aromatic rings. The van der Waals surface area contributed by atoms with Crippen LogP contribution in [0.1, 0.15) is 26.3 Å². The van der Waals surface area contributed by atoms with Gasteiger partial charge < -0.3 is 14.2 Å². The Labute approximate surface area is 207 Å². The van der Waals surface area contributed by atoms with Crippen molar-refractivity contribution < 1.29 is 23.8 Å². The molecule has 0 aliphatic carbocycles. The van der Waals surface area contributed by atoms with Crippen LogP contribution in [0, 0.1) is 0 Å². The van der Waals surface area contributed by atoms with Crippen LogP contribution in [0.2, 0.25) is 0 Å². The number of esters is 1. The zero-order valence-electron chi connectivity index (χ0n) is 19.5. The number of Topliss-reactive ketones (excluding diaryl/α,β-unsaturated/α-hetero) is 1. The Bertz CT molecular complexity index is 1480. The van der Waals surface area contributed by atoms with E-state index in [1.165, 1.54) is 13.2 Å². The molecule has 0 bridgehead atoms. The van der Waals surface area contributed by atoms with E-state index in [1.807, 2.05) is 60.8 Å². The van der Waals surface area contributed by atoms with E-state index < -0.39 is 5.97 Å². The van der Waals surface area contributed by atoms with Crippen molar-refractivity contribution in [2.75, 3.05) is 13.7 Å². The number of para-hydroxylation sites is 1. The van der Waals surface area contributed by atoms with Gasteiger partial charge in [-0.2, -0.15) is 5.10 Å². The summed E-state index contributed by atoms with van der Waals surface area (Å²) in [6.07, 6.45) is 5.20. The van der Waals surface area contributed by atoms with Gasteiger partial charge in [-0.15, -0.1) is 0 Å². The highest BCUT2D eigenvalue weighted by Crippen LogP contribution is 2.34. The molecule has 0 amide bonds. The maximum Gasteiger partial charge on any atom is 0.337 e. The van der Waals surface area contributed by atoms with Gasteiger partial charge in [0, 0.05) is 17.3 Å². The van der Waals surface area contributed by atoms with Gasteiger partial charge in [0.1, 0.15) is 23.8 Å². The summed E-state index contributed by atoms with van der Waals surface area (Å²) in [5.41, 5.74) is 3.68. The molecule has 0 spiro atoms. The lowest BCUT2D eigenvalue weighted by molar-refractivity contribution is 0.0600. The number of ketones is 1. The van der Waals surface area contributed by atoms with Crippen molar-refractivity contribution in [1.82, 2.24) is 9.78 Å². The predicted octanol–water partition coefficient (Wildman–Crippen LogP) is 5.51. The van der Waals surface area contributed by atoms with Gasteiger partial charge in [0.15, 0.2) is 5.76 Å². The van der Waals surface area contributed by atoms with E-state index >= 15 is 0 Å². The molecule has 0 radical (unpaired) electrons. The maximum absolute atomic E-state index is 13.1. The molecule has 0 N–H and O–H groups in total. The van der Waals surface area contributed by atoms with Crippen molar-refractivity contribution in [3.63, 3.8) is 0 Å². The molecule has 0 atom stereocenters. The second kappa shape index (κ2) is 9.76. The first-order valence-corrected chi connectivity index (χ1v) is 11.2.